The Morgan fingerprint density at radius 2 is 1.95 bits per heavy atom. The Kier molecular flexibility index (Phi) is 5.26. The molecule has 0 aliphatic heterocycles. The predicted octanol–water partition coefficient (Wildman–Crippen LogP) is 3.49. The Morgan fingerprint density at radius 3 is 2.52 bits per heavy atom. The maximum atomic E-state index is 11.6. The van der Waals surface area contributed by atoms with Gasteiger partial charge in [-0.15, -0.1) is 0 Å². The molecule has 0 atom stereocenters. The Balaban J connectivity index is 2.33. The summed E-state index contributed by atoms with van der Waals surface area (Å²) in [5, 5.41) is 5.32. The van der Waals surface area contributed by atoms with Crippen molar-refractivity contribution in [3.05, 3.63) is 50.1 Å². The lowest BCUT2D eigenvalue weighted by atomic mass is 10.3. The summed E-state index contributed by atoms with van der Waals surface area (Å²) < 4.78 is 30.0. The Labute approximate surface area is 143 Å². The van der Waals surface area contributed by atoms with Crippen LogP contribution in [0.15, 0.2) is 44.3 Å². The topological polar surface area (TPSA) is 82.3 Å². The van der Waals surface area contributed by atoms with Crippen LogP contribution in [0.4, 0.5) is 0 Å². The number of pyridine rings is 1. The lowest BCUT2D eigenvalue weighted by Gasteiger charge is -2.12. The summed E-state index contributed by atoms with van der Waals surface area (Å²) in [6.45, 7) is 0.0666. The Bertz CT molecular complexity index is 767. The second kappa shape index (κ2) is 6.62. The van der Waals surface area contributed by atoms with E-state index in [1.807, 2.05) is 0 Å². The minimum absolute atomic E-state index is 0.00656. The number of primary sulfonamides is 1. The molecule has 0 unspecified atom stereocenters. The standard InChI is InChI=1S/C12H9Br2ClN2O3S/c13-7-1-2-9(17-5-7)6-20-12-10(15)3-8(14)4-11(12)21(16,18)19/h1-5H,6H2,(H2,16,18,19). The molecule has 9 heteroatoms. The number of nitrogens with two attached hydrogens (primary N) is 1. The molecule has 2 N–H and O–H groups in total. The van der Waals surface area contributed by atoms with Gasteiger partial charge < -0.3 is 4.74 Å². The highest BCUT2D eigenvalue weighted by atomic mass is 79.9. The van der Waals surface area contributed by atoms with Crippen molar-refractivity contribution in [2.45, 2.75) is 11.5 Å². The molecule has 0 spiro atoms. The smallest absolute Gasteiger partial charge is 0.241 e. The second-order valence-corrected chi connectivity index (χ2v) is 7.78. The number of hydrogen-bond donors (Lipinski definition) is 1. The van der Waals surface area contributed by atoms with Crippen LogP contribution in [0, 0.1) is 0 Å². The van der Waals surface area contributed by atoms with Crippen LogP contribution < -0.4 is 9.88 Å². The van der Waals surface area contributed by atoms with Gasteiger partial charge in [-0.1, -0.05) is 27.5 Å². The number of rotatable bonds is 4. The first-order valence-corrected chi connectivity index (χ1v) is 9.03. The van der Waals surface area contributed by atoms with Crippen molar-refractivity contribution in [3.63, 3.8) is 0 Å². The first-order valence-electron chi connectivity index (χ1n) is 5.52. The normalized spacial score (nSPS) is 11.4. The monoisotopic (exact) mass is 454 g/mol. The van der Waals surface area contributed by atoms with Gasteiger partial charge in [0, 0.05) is 15.1 Å². The zero-order valence-corrected chi connectivity index (χ0v) is 15.1. The number of nitrogens with zero attached hydrogens (tertiary/aromatic N) is 1. The molecule has 0 aliphatic carbocycles. The van der Waals surface area contributed by atoms with Gasteiger partial charge in [0.05, 0.1) is 10.7 Å². The lowest BCUT2D eigenvalue weighted by Crippen LogP contribution is -2.14. The molecule has 0 amide bonds. The lowest BCUT2D eigenvalue weighted by molar-refractivity contribution is 0.293. The summed E-state index contributed by atoms with van der Waals surface area (Å²) in [5.41, 5.74) is 0.623. The van der Waals surface area contributed by atoms with Crippen molar-refractivity contribution >= 4 is 53.5 Å². The second-order valence-electron chi connectivity index (χ2n) is 4.02. The van der Waals surface area contributed by atoms with Crippen LogP contribution >= 0.6 is 43.5 Å². The van der Waals surface area contributed by atoms with Gasteiger partial charge in [-0.3, -0.25) is 4.98 Å². The van der Waals surface area contributed by atoms with Gasteiger partial charge in [-0.05, 0) is 40.2 Å². The average Bonchev–Trinajstić information content (AvgIpc) is 2.38. The van der Waals surface area contributed by atoms with Gasteiger partial charge in [-0.25, -0.2) is 13.6 Å². The van der Waals surface area contributed by atoms with Crippen LogP contribution in [-0.2, 0) is 16.6 Å². The van der Waals surface area contributed by atoms with Gasteiger partial charge in [-0.2, -0.15) is 0 Å². The van der Waals surface area contributed by atoms with E-state index in [1.165, 1.54) is 12.1 Å². The average molecular weight is 457 g/mol. The molecule has 0 saturated carbocycles. The van der Waals surface area contributed by atoms with Gasteiger partial charge in [0.1, 0.15) is 11.5 Å². The first kappa shape index (κ1) is 16.7. The number of hydrogen-bond acceptors (Lipinski definition) is 4. The molecule has 2 aromatic rings. The highest BCUT2D eigenvalue weighted by molar-refractivity contribution is 9.10. The van der Waals surface area contributed by atoms with Crippen LogP contribution in [0.2, 0.25) is 5.02 Å². The molecule has 1 aromatic heterocycles. The fourth-order valence-electron chi connectivity index (χ4n) is 1.53. The van der Waals surface area contributed by atoms with E-state index >= 15 is 0 Å². The van der Waals surface area contributed by atoms with Crippen molar-refractivity contribution in [2.24, 2.45) is 5.14 Å². The number of halogens is 3. The van der Waals surface area contributed by atoms with Gasteiger partial charge in [0.25, 0.3) is 0 Å². The summed E-state index contributed by atoms with van der Waals surface area (Å²) in [6.07, 6.45) is 1.61. The summed E-state index contributed by atoms with van der Waals surface area (Å²) in [7, 11) is -3.96. The number of ether oxygens (including phenoxy) is 1. The van der Waals surface area contributed by atoms with Crippen molar-refractivity contribution in [1.29, 1.82) is 0 Å². The molecule has 5 nitrogen and oxygen atoms in total. The molecule has 1 heterocycles. The summed E-state index contributed by atoms with van der Waals surface area (Å²) in [5.74, 6) is 0.00656. The van der Waals surface area contributed by atoms with E-state index in [-0.39, 0.29) is 22.3 Å². The van der Waals surface area contributed by atoms with E-state index in [9.17, 15) is 8.42 Å². The zero-order chi connectivity index (χ0) is 15.6. The van der Waals surface area contributed by atoms with Crippen LogP contribution in [0.3, 0.4) is 0 Å². The van der Waals surface area contributed by atoms with Crippen molar-refractivity contribution < 1.29 is 13.2 Å². The van der Waals surface area contributed by atoms with E-state index < -0.39 is 10.0 Å². The van der Waals surface area contributed by atoms with E-state index in [4.69, 9.17) is 21.5 Å². The van der Waals surface area contributed by atoms with Crippen LogP contribution in [0.25, 0.3) is 0 Å². The van der Waals surface area contributed by atoms with Crippen molar-refractivity contribution in [3.8, 4) is 5.75 Å². The molecule has 2 rings (SSSR count). The fraction of sp³-hybridized carbons (Fsp3) is 0.0833. The molecule has 0 bridgehead atoms. The van der Waals surface area contributed by atoms with Crippen LogP contribution in [0.5, 0.6) is 5.75 Å². The third-order valence-corrected chi connectivity index (χ3v) is 4.56. The van der Waals surface area contributed by atoms with Crippen molar-refractivity contribution in [1.82, 2.24) is 4.98 Å². The minimum atomic E-state index is -3.96. The molecule has 1 aromatic carbocycles. The maximum Gasteiger partial charge on any atom is 0.241 e. The Morgan fingerprint density at radius 1 is 1.24 bits per heavy atom. The fourth-order valence-corrected chi connectivity index (χ4v) is 3.55. The summed E-state index contributed by atoms with van der Waals surface area (Å²) >= 11 is 12.5. The molecule has 0 radical (unpaired) electrons. The first-order chi connectivity index (χ1) is 9.77. The quantitative estimate of drug-likeness (QED) is 0.764. The molecular formula is C12H9Br2ClN2O3S. The van der Waals surface area contributed by atoms with E-state index in [2.05, 4.69) is 36.8 Å². The minimum Gasteiger partial charge on any atom is -0.484 e. The Hall–Kier alpha value is -0.670. The molecule has 0 fully saturated rings. The SMILES string of the molecule is NS(=O)(=O)c1cc(Br)cc(Cl)c1OCc1ccc(Br)cn1. The molecule has 21 heavy (non-hydrogen) atoms. The van der Waals surface area contributed by atoms with Gasteiger partial charge >= 0.3 is 0 Å². The molecular weight excluding hydrogens is 447 g/mol. The number of aromatic nitrogens is 1. The van der Waals surface area contributed by atoms with E-state index in [1.54, 1.807) is 18.3 Å². The van der Waals surface area contributed by atoms with Crippen LogP contribution in [-0.4, -0.2) is 13.4 Å². The number of benzene rings is 1. The predicted molar refractivity (Wildman–Crippen MR) is 86.8 cm³/mol. The number of sulfonamides is 1. The summed E-state index contributed by atoms with van der Waals surface area (Å²) in [4.78, 5) is 3.95. The van der Waals surface area contributed by atoms with Crippen LogP contribution in [0.1, 0.15) is 5.69 Å². The van der Waals surface area contributed by atoms with E-state index in [0.29, 0.717) is 10.2 Å². The largest absolute Gasteiger partial charge is 0.484 e. The molecule has 0 aliphatic rings. The van der Waals surface area contributed by atoms with Gasteiger partial charge in [0.15, 0.2) is 5.75 Å². The third-order valence-electron chi connectivity index (χ3n) is 2.43. The zero-order valence-electron chi connectivity index (χ0n) is 10.4. The molecule has 112 valence electrons. The highest BCUT2D eigenvalue weighted by Gasteiger charge is 2.19. The third kappa shape index (κ3) is 4.40. The molecule has 0 saturated heterocycles. The van der Waals surface area contributed by atoms with Gasteiger partial charge in [0.2, 0.25) is 10.0 Å². The van der Waals surface area contributed by atoms with Crippen molar-refractivity contribution in [2.75, 3.05) is 0 Å². The maximum absolute atomic E-state index is 11.6. The van der Waals surface area contributed by atoms with E-state index in [0.717, 1.165) is 4.47 Å². The summed E-state index contributed by atoms with van der Waals surface area (Å²) in [6, 6.07) is 6.41. The highest BCUT2D eigenvalue weighted by Crippen LogP contribution is 2.35.